The van der Waals surface area contributed by atoms with Crippen molar-refractivity contribution in [3.05, 3.63) is 28.5 Å². The fraction of sp³-hybridized carbons (Fsp3) is 0.562. The maximum atomic E-state index is 13.2. The van der Waals surface area contributed by atoms with E-state index in [2.05, 4.69) is 20.8 Å². The molecule has 0 saturated carbocycles. The molecule has 2 fully saturated rings. The third-order valence-electron chi connectivity index (χ3n) is 5.03. The first-order chi connectivity index (χ1) is 11.8. The monoisotopic (exact) mass is 433 g/mol. The number of nitrogens with two attached hydrogens (primary N) is 1. The van der Waals surface area contributed by atoms with Crippen LogP contribution in [0.5, 0.6) is 0 Å². The first-order valence-electron chi connectivity index (χ1n) is 8.31. The number of piperidine rings is 1. The minimum atomic E-state index is -3.68. The Hall–Kier alpha value is -1.03. The molecule has 2 heterocycles. The van der Waals surface area contributed by atoms with Crippen LogP contribution >= 0.6 is 15.9 Å². The Balaban J connectivity index is 1.70. The van der Waals surface area contributed by atoms with Crippen molar-refractivity contribution in [1.82, 2.24) is 9.21 Å². The second-order valence-electron chi connectivity index (χ2n) is 6.51. The van der Waals surface area contributed by atoms with Crippen LogP contribution in [0.4, 0.5) is 4.39 Å². The minimum absolute atomic E-state index is 0.0727. The van der Waals surface area contributed by atoms with E-state index in [1.54, 1.807) is 0 Å². The van der Waals surface area contributed by atoms with Crippen molar-refractivity contribution < 1.29 is 17.6 Å². The van der Waals surface area contributed by atoms with E-state index in [9.17, 15) is 17.6 Å². The van der Waals surface area contributed by atoms with Crippen molar-refractivity contribution >= 4 is 31.9 Å². The van der Waals surface area contributed by atoms with Crippen LogP contribution in [0, 0.1) is 5.82 Å². The van der Waals surface area contributed by atoms with Crippen LogP contribution in [0.25, 0.3) is 0 Å². The summed E-state index contributed by atoms with van der Waals surface area (Å²) >= 11 is 3.13. The molecule has 0 aliphatic carbocycles. The molecule has 6 nitrogen and oxygen atoms in total. The molecule has 1 aromatic carbocycles. The number of amides is 1. The van der Waals surface area contributed by atoms with Crippen molar-refractivity contribution in [2.75, 3.05) is 19.6 Å². The van der Waals surface area contributed by atoms with Gasteiger partial charge in [0.15, 0.2) is 0 Å². The van der Waals surface area contributed by atoms with Crippen molar-refractivity contribution in [2.45, 2.75) is 42.7 Å². The number of carbonyl (C=O) groups is 1. The molecule has 2 N–H and O–H groups in total. The van der Waals surface area contributed by atoms with Gasteiger partial charge in [0.25, 0.3) is 0 Å². The van der Waals surface area contributed by atoms with Gasteiger partial charge in [-0.15, -0.1) is 0 Å². The van der Waals surface area contributed by atoms with Gasteiger partial charge in [-0.2, -0.15) is 4.31 Å². The van der Waals surface area contributed by atoms with Crippen molar-refractivity contribution in [2.24, 2.45) is 5.73 Å². The predicted octanol–water partition coefficient (Wildman–Crippen LogP) is 1.69. The molecule has 0 aromatic heterocycles. The van der Waals surface area contributed by atoms with E-state index < -0.39 is 15.8 Å². The summed E-state index contributed by atoms with van der Waals surface area (Å²) < 4.78 is 40.5. The molecule has 1 aromatic rings. The molecule has 9 heteroatoms. The summed E-state index contributed by atoms with van der Waals surface area (Å²) in [4.78, 5) is 13.8. The van der Waals surface area contributed by atoms with Crippen molar-refractivity contribution in [3.63, 3.8) is 0 Å². The van der Waals surface area contributed by atoms with Crippen LogP contribution in [0.1, 0.15) is 25.7 Å². The second-order valence-corrected chi connectivity index (χ2v) is 9.27. The molecule has 138 valence electrons. The molecule has 0 bridgehead atoms. The summed E-state index contributed by atoms with van der Waals surface area (Å²) in [5.74, 6) is -0.793. The lowest BCUT2D eigenvalue weighted by molar-refractivity contribution is -0.123. The van der Waals surface area contributed by atoms with Gasteiger partial charge < -0.3 is 5.73 Å². The number of rotatable bonds is 4. The fourth-order valence-electron chi connectivity index (χ4n) is 3.77. The number of primary amides is 1. The van der Waals surface area contributed by atoms with Gasteiger partial charge in [-0.25, -0.2) is 12.8 Å². The summed E-state index contributed by atoms with van der Waals surface area (Å²) in [5, 5.41) is 0. The molecule has 25 heavy (non-hydrogen) atoms. The molecule has 0 spiro atoms. The number of carbonyl (C=O) groups excluding carboxylic acids is 1. The molecular weight excluding hydrogens is 413 g/mol. The molecule has 1 atom stereocenters. The lowest BCUT2D eigenvalue weighted by Crippen LogP contribution is -2.51. The first-order valence-corrected chi connectivity index (χ1v) is 10.5. The molecule has 2 aliphatic rings. The van der Waals surface area contributed by atoms with E-state index >= 15 is 0 Å². The van der Waals surface area contributed by atoms with Crippen LogP contribution in [0.15, 0.2) is 27.6 Å². The third-order valence-corrected chi connectivity index (χ3v) is 7.90. The first kappa shape index (κ1) is 18.8. The third kappa shape index (κ3) is 3.74. The van der Waals surface area contributed by atoms with Crippen molar-refractivity contribution in [3.8, 4) is 0 Å². The molecule has 0 radical (unpaired) electrons. The topological polar surface area (TPSA) is 83.7 Å². The van der Waals surface area contributed by atoms with Gasteiger partial charge in [0.1, 0.15) is 5.82 Å². The average molecular weight is 434 g/mol. The molecule has 2 aliphatic heterocycles. The molecule has 1 amide bonds. The van der Waals surface area contributed by atoms with E-state index in [-0.39, 0.29) is 27.4 Å². The van der Waals surface area contributed by atoms with Crippen LogP contribution in [0.2, 0.25) is 0 Å². The Bertz CT molecular complexity index is 766. The van der Waals surface area contributed by atoms with E-state index in [0.29, 0.717) is 25.9 Å². The number of halogens is 2. The largest absolute Gasteiger partial charge is 0.368 e. The number of likely N-dealkylation sites (tertiary alicyclic amines) is 1. The van der Waals surface area contributed by atoms with E-state index in [0.717, 1.165) is 31.5 Å². The quantitative estimate of drug-likeness (QED) is 0.782. The highest BCUT2D eigenvalue weighted by Crippen LogP contribution is 2.30. The summed E-state index contributed by atoms with van der Waals surface area (Å²) in [5.41, 5.74) is 5.47. The number of sulfonamides is 1. The van der Waals surface area contributed by atoms with Gasteiger partial charge in [0.2, 0.25) is 15.9 Å². The van der Waals surface area contributed by atoms with E-state index in [1.807, 2.05) is 0 Å². The summed E-state index contributed by atoms with van der Waals surface area (Å²) in [7, 11) is -3.68. The van der Waals surface area contributed by atoms with Gasteiger partial charge in [0, 0.05) is 23.6 Å². The van der Waals surface area contributed by atoms with Gasteiger partial charge in [-0.3, -0.25) is 9.69 Å². The maximum Gasteiger partial charge on any atom is 0.244 e. The normalized spacial score (nSPS) is 23.8. The zero-order valence-corrected chi connectivity index (χ0v) is 16.1. The van der Waals surface area contributed by atoms with Crippen LogP contribution in [-0.4, -0.2) is 55.2 Å². The Labute approximate surface area is 155 Å². The zero-order valence-electron chi connectivity index (χ0n) is 13.7. The van der Waals surface area contributed by atoms with Crippen molar-refractivity contribution in [1.29, 1.82) is 0 Å². The zero-order chi connectivity index (χ0) is 18.2. The summed E-state index contributed by atoms with van der Waals surface area (Å²) in [6.45, 7) is 1.58. The highest BCUT2D eigenvalue weighted by Gasteiger charge is 2.38. The molecule has 3 rings (SSSR count). The Kier molecular flexibility index (Phi) is 5.48. The Morgan fingerprint density at radius 2 is 1.88 bits per heavy atom. The smallest absolute Gasteiger partial charge is 0.244 e. The van der Waals surface area contributed by atoms with Gasteiger partial charge >= 0.3 is 0 Å². The van der Waals surface area contributed by atoms with E-state index in [1.165, 1.54) is 10.4 Å². The highest BCUT2D eigenvalue weighted by atomic mass is 79.9. The molecular formula is C16H21BrFN3O3S. The van der Waals surface area contributed by atoms with Crippen LogP contribution in [-0.2, 0) is 14.8 Å². The average Bonchev–Trinajstić information content (AvgIpc) is 3.04. The molecule has 2 saturated heterocycles. The van der Waals surface area contributed by atoms with E-state index in [4.69, 9.17) is 5.73 Å². The SMILES string of the molecule is NC(=O)C1CCCN1C1CCN(S(=O)(=O)c2ccc(F)cc2Br)CC1. The lowest BCUT2D eigenvalue weighted by Gasteiger charge is -2.38. The van der Waals surface area contributed by atoms with Crippen LogP contribution < -0.4 is 5.73 Å². The van der Waals surface area contributed by atoms with Gasteiger partial charge in [-0.05, 0) is 66.4 Å². The number of benzene rings is 1. The Morgan fingerprint density at radius 3 is 2.48 bits per heavy atom. The van der Waals surface area contributed by atoms with Gasteiger partial charge in [-0.1, -0.05) is 0 Å². The lowest BCUT2D eigenvalue weighted by atomic mass is 10.0. The standard InChI is InChI=1S/C16H21BrFN3O3S/c17-13-10-11(18)3-4-15(13)25(23,24)20-8-5-12(6-9-20)21-7-1-2-14(21)16(19)22/h3-4,10,12,14H,1-2,5-9H2,(H2,19,22). The van der Waals surface area contributed by atoms with Gasteiger partial charge in [0.05, 0.1) is 10.9 Å². The number of nitrogens with zero attached hydrogens (tertiary/aromatic N) is 2. The maximum absolute atomic E-state index is 13.2. The Morgan fingerprint density at radius 1 is 1.20 bits per heavy atom. The number of hydrogen-bond acceptors (Lipinski definition) is 4. The minimum Gasteiger partial charge on any atom is -0.368 e. The predicted molar refractivity (Wildman–Crippen MR) is 94.8 cm³/mol. The number of hydrogen-bond donors (Lipinski definition) is 1. The second kappa shape index (κ2) is 7.30. The highest BCUT2D eigenvalue weighted by molar-refractivity contribution is 9.10. The fourth-order valence-corrected chi connectivity index (χ4v) is 6.25. The van der Waals surface area contributed by atoms with Crippen LogP contribution in [0.3, 0.4) is 0 Å². The summed E-state index contributed by atoms with van der Waals surface area (Å²) in [6.07, 6.45) is 3.02. The molecule has 1 unspecified atom stereocenters. The summed E-state index contributed by atoms with van der Waals surface area (Å²) in [6, 6.07) is 3.51.